The monoisotopic (exact) mass is 445 g/mol. The first kappa shape index (κ1) is 22.0. The highest BCUT2D eigenvalue weighted by molar-refractivity contribution is 7.89. The van der Waals surface area contributed by atoms with Crippen LogP contribution in [0.25, 0.3) is 0 Å². The molecule has 1 aromatic heterocycles. The van der Waals surface area contributed by atoms with Crippen LogP contribution >= 0.6 is 0 Å². The molecule has 2 aromatic rings. The third-order valence-electron chi connectivity index (χ3n) is 6.48. The van der Waals surface area contributed by atoms with E-state index in [-0.39, 0.29) is 34.3 Å². The van der Waals surface area contributed by atoms with Gasteiger partial charge in [0.05, 0.1) is 16.6 Å². The molecule has 0 radical (unpaired) electrons. The largest absolute Gasteiger partial charge is 0.333 e. The molecule has 4 rings (SSSR count). The van der Waals surface area contributed by atoms with Crippen molar-refractivity contribution in [2.45, 2.75) is 74.9 Å². The maximum atomic E-state index is 13.3. The van der Waals surface area contributed by atoms with Crippen LogP contribution in [-0.4, -0.2) is 64.7 Å². The summed E-state index contributed by atoms with van der Waals surface area (Å²) in [6.45, 7) is 6.38. The normalized spacial score (nSPS) is 24.1. The Kier molecular flexibility index (Phi) is 5.46. The minimum Gasteiger partial charge on any atom is -0.333 e. The molecule has 9 heteroatoms. The van der Waals surface area contributed by atoms with Crippen LogP contribution in [0.4, 0.5) is 0 Å². The van der Waals surface area contributed by atoms with Gasteiger partial charge in [-0.2, -0.15) is 0 Å². The van der Waals surface area contributed by atoms with Gasteiger partial charge in [-0.3, -0.25) is 4.79 Å². The lowest BCUT2D eigenvalue weighted by molar-refractivity contribution is 0.0522. The zero-order valence-corrected chi connectivity index (χ0v) is 19.6. The van der Waals surface area contributed by atoms with Crippen LogP contribution in [0, 0.1) is 0 Å². The third-order valence-corrected chi connectivity index (χ3v) is 8.30. The average molecular weight is 446 g/mol. The molecular formula is C22H31N5O3S. The Hall–Kier alpha value is -2.26. The average Bonchev–Trinajstić information content (AvgIpc) is 3.30. The van der Waals surface area contributed by atoms with Gasteiger partial charge in [-0.25, -0.2) is 17.4 Å². The van der Waals surface area contributed by atoms with E-state index in [1.165, 1.54) is 30.5 Å². The smallest absolute Gasteiger partial charge is 0.254 e. The Morgan fingerprint density at radius 1 is 1.03 bits per heavy atom. The molecular weight excluding hydrogens is 414 g/mol. The van der Waals surface area contributed by atoms with Crippen molar-refractivity contribution < 1.29 is 13.2 Å². The number of rotatable bonds is 4. The van der Waals surface area contributed by atoms with Gasteiger partial charge in [0.25, 0.3) is 5.91 Å². The molecule has 2 aliphatic rings. The molecule has 0 N–H and O–H groups in total. The zero-order chi connectivity index (χ0) is 22.6. The van der Waals surface area contributed by atoms with Crippen LogP contribution in [0.3, 0.4) is 0 Å². The molecule has 0 aliphatic carbocycles. The van der Waals surface area contributed by atoms with Crippen LogP contribution in [0.5, 0.6) is 0 Å². The first-order valence-corrected chi connectivity index (χ1v) is 12.2. The van der Waals surface area contributed by atoms with Crippen molar-refractivity contribution in [3.63, 3.8) is 0 Å². The van der Waals surface area contributed by atoms with Crippen LogP contribution in [0.15, 0.2) is 35.4 Å². The second kappa shape index (κ2) is 7.70. The molecule has 1 aromatic carbocycles. The summed E-state index contributed by atoms with van der Waals surface area (Å²) in [5, 5.41) is 8.74. The van der Waals surface area contributed by atoms with Gasteiger partial charge in [-0.05, 0) is 49.9 Å². The number of hydrogen-bond acceptors (Lipinski definition) is 5. The summed E-state index contributed by atoms with van der Waals surface area (Å²) in [4.78, 5) is 15.5. The first-order chi connectivity index (χ1) is 14.5. The van der Waals surface area contributed by atoms with Crippen molar-refractivity contribution in [1.29, 1.82) is 0 Å². The summed E-state index contributed by atoms with van der Waals surface area (Å²) in [6.07, 6.45) is 5.75. The van der Waals surface area contributed by atoms with Crippen LogP contribution < -0.4 is 0 Å². The van der Waals surface area contributed by atoms with Gasteiger partial charge < -0.3 is 4.90 Å². The molecule has 2 atom stereocenters. The Morgan fingerprint density at radius 3 is 2.10 bits per heavy atom. The number of benzene rings is 1. The number of nitrogens with zero attached hydrogens (tertiary/aromatic N) is 5. The van der Waals surface area contributed by atoms with E-state index in [1.54, 1.807) is 12.1 Å². The van der Waals surface area contributed by atoms with E-state index in [1.807, 2.05) is 15.8 Å². The summed E-state index contributed by atoms with van der Waals surface area (Å²) in [5.41, 5.74) is 1.47. The molecule has 2 bridgehead atoms. The lowest BCUT2D eigenvalue weighted by Crippen LogP contribution is -2.47. The SMILES string of the molecule is CN(C)S(=O)(=O)c1ccc(C(=O)N2C3CCC2CC(n2cc(C(C)(C)C)nn2)C3)cc1. The van der Waals surface area contributed by atoms with Crippen molar-refractivity contribution >= 4 is 15.9 Å². The molecule has 2 saturated heterocycles. The minimum atomic E-state index is -3.51. The van der Waals surface area contributed by atoms with E-state index >= 15 is 0 Å². The fourth-order valence-corrected chi connectivity index (χ4v) is 5.53. The Balaban J connectivity index is 1.50. The molecule has 31 heavy (non-hydrogen) atoms. The van der Waals surface area contributed by atoms with Crippen LogP contribution in [0.2, 0.25) is 0 Å². The maximum Gasteiger partial charge on any atom is 0.254 e. The second-order valence-corrected chi connectivity index (χ2v) is 12.0. The fraction of sp³-hybridized carbons (Fsp3) is 0.591. The van der Waals surface area contributed by atoms with E-state index in [9.17, 15) is 13.2 Å². The van der Waals surface area contributed by atoms with Crippen molar-refractivity contribution in [3.8, 4) is 0 Å². The number of hydrogen-bond donors (Lipinski definition) is 0. The van der Waals surface area contributed by atoms with Gasteiger partial charge in [0.2, 0.25) is 10.0 Å². The summed E-state index contributed by atoms with van der Waals surface area (Å²) < 4.78 is 27.7. The minimum absolute atomic E-state index is 0.0197. The fourth-order valence-electron chi connectivity index (χ4n) is 4.62. The summed E-state index contributed by atoms with van der Waals surface area (Å²) >= 11 is 0. The van der Waals surface area contributed by atoms with E-state index < -0.39 is 10.0 Å². The standard InChI is InChI=1S/C22H31N5O3S/c1-22(2,3)20-14-26(24-23-20)18-12-16-8-9-17(13-18)27(16)21(28)15-6-10-19(11-7-15)31(29,30)25(4)5/h6-7,10-11,14,16-18H,8-9,12-13H2,1-5H3. The highest BCUT2D eigenvalue weighted by atomic mass is 32.2. The van der Waals surface area contributed by atoms with E-state index in [2.05, 4.69) is 31.1 Å². The Morgan fingerprint density at radius 2 is 1.61 bits per heavy atom. The number of amides is 1. The Bertz CT molecular complexity index is 1060. The maximum absolute atomic E-state index is 13.3. The molecule has 168 valence electrons. The van der Waals surface area contributed by atoms with E-state index in [4.69, 9.17) is 0 Å². The lowest BCUT2D eigenvalue weighted by atomic mass is 9.92. The molecule has 2 fully saturated rings. The predicted octanol–water partition coefficient (Wildman–Crippen LogP) is 2.83. The highest BCUT2D eigenvalue weighted by Crippen LogP contribution is 2.41. The lowest BCUT2D eigenvalue weighted by Gasteiger charge is -2.39. The molecule has 2 aliphatic heterocycles. The number of sulfonamides is 1. The van der Waals surface area contributed by atoms with Gasteiger partial charge in [0, 0.05) is 43.4 Å². The van der Waals surface area contributed by atoms with Crippen molar-refractivity contribution in [1.82, 2.24) is 24.2 Å². The quantitative estimate of drug-likeness (QED) is 0.722. The molecule has 3 heterocycles. The zero-order valence-electron chi connectivity index (χ0n) is 18.8. The number of piperidine rings is 1. The number of carbonyl (C=O) groups excluding carboxylic acids is 1. The molecule has 8 nitrogen and oxygen atoms in total. The van der Waals surface area contributed by atoms with Crippen molar-refractivity contribution in [3.05, 3.63) is 41.7 Å². The summed E-state index contributed by atoms with van der Waals surface area (Å²) in [7, 11) is -0.515. The summed E-state index contributed by atoms with van der Waals surface area (Å²) in [6, 6.07) is 6.86. The van der Waals surface area contributed by atoms with Gasteiger partial charge in [0.1, 0.15) is 0 Å². The number of carbonyl (C=O) groups is 1. The molecule has 2 unspecified atom stereocenters. The van der Waals surface area contributed by atoms with Gasteiger partial charge in [0.15, 0.2) is 0 Å². The van der Waals surface area contributed by atoms with Gasteiger partial charge in [-0.1, -0.05) is 26.0 Å². The Labute approximate surface area is 184 Å². The van der Waals surface area contributed by atoms with Crippen LogP contribution in [0.1, 0.15) is 68.5 Å². The van der Waals surface area contributed by atoms with E-state index in [0.29, 0.717) is 5.56 Å². The first-order valence-electron chi connectivity index (χ1n) is 10.8. The van der Waals surface area contributed by atoms with Crippen molar-refractivity contribution in [2.24, 2.45) is 0 Å². The molecule has 0 spiro atoms. The second-order valence-electron chi connectivity index (χ2n) is 9.87. The summed E-state index contributed by atoms with van der Waals surface area (Å²) in [5.74, 6) is -0.0197. The predicted molar refractivity (Wildman–Crippen MR) is 117 cm³/mol. The number of fused-ring (bicyclic) bond motifs is 2. The highest BCUT2D eigenvalue weighted by Gasteiger charge is 2.44. The third kappa shape index (κ3) is 4.01. The van der Waals surface area contributed by atoms with Crippen molar-refractivity contribution in [2.75, 3.05) is 14.1 Å². The van der Waals surface area contributed by atoms with E-state index in [0.717, 1.165) is 31.4 Å². The molecule has 1 amide bonds. The van der Waals surface area contributed by atoms with Crippen LogP contribution in [-0.2, 0) is 15.4 Å². The topological polar surface area (TPSA) is 88.4 Å². The van der Waals surface area contributed by atoms with Gasteiger partial charge in [-0.15, -0.1) is 5.10 Å². The van der Waals surface area contributed by atoms with Gasteiger partial charge >= 0.3 is 0 Å². The molecule has 0 saturated carbocycles. The number of aromatic nitrogens is 3.